The van der Waals surface area contributed by atoms with E-state index in [2.05, 4.69) is 0 Å². The van der Waals surface area contributed by atoms with Crippen LogP contribution in [0.3, 0.4) is 0 Å². The zero-order valence-corrected chi connectivity index (χ0v) is 10.2. The molecule has 1 saturated heterocycles. The number of hydrogen-bond donors (Lipinski definition) is 1. The van der Waals surface area contributed by atoms with Crippen molar-refractivity contribution in [1.82, 2.24) is 0 Å². The van der Waals surface area contributed by atoms with Gasteiger partial charge in [-0.3, -0.25) is 0 Å². The molecule has 0 aromatic heterocycles. The van der Waals surface area contributed by atoms with Gasteiger partial charge in [0.2, 0.25) is 0 Å². The maximum absolute atomic E-state index is 9.61. The Morgan fingerprint density at radius 2 is 2.29 bits per heavy atom. The molecule has 17 heavy (non-hydrogen) atoms. The molecule has 0 bridgehead atoms. The number of benzene rings is 1. The summed E-state index contributed by atoms with van der Waals surface area (Å²) in [5, 5.41) is 9.61. The molecule has 4 heteroatoms. The second-order valence-electron chi connectivity index (χ2n) is 4.10. The van der Waals surface area contributed by atoms with E-state index in [1.54, 1.807) is 18.2 Å². The van der Waals surface area contributed by atoms with Crippen LogP contribution in [0, 0.1) is 0 Å². The lowest BCUT2D eigenvalue weighted by atomic mass is 10.1. The topological polar surface area (TPSA) is 47.9 Å². The molecule has 2 unspecified atom stereocenters. The highest BCUT2D eigenvalue weighted by molar-refractivity contribution is 5.42. The van der Waals surface area contributed by atoms with Gasteiger partial charge in [-0.1, -0.05) is 6.07 Å². The molecule has 1 heterocycles. The van der Waals surface area contributed by atoms with E-state index in [0.717, 1.165) is 12.0 Å². The van der Waals surface area contributed by atoms with Crippen molar-refractivity contribution in [1.29, 1.82) is 0 Å². The van der Waals surface area contributed by atoms with Crippen molar-refractivity contribution in [3.05, 3.63) is 23.8 Å². The zero-order chi connectivity index (χ0) is 12.3. The summed E-state index contributed by atoms with van der Waals surface area (Å²) in [4.78, 5) is 0. The monoisotopic (exact) mass is 238 g/mol. The van der Waals surface area contributed by atoms with Crippen molar-refractivity contribution in [2.24, 2.45) is 0 Å². The third-order valence-electron chi connectivity index (χ3n) is 2.71. The highest BCUT2D eigenvalue weighted by Crippen LogP contribution is 2.33. The molecular weight excluding hydrogens is 220 g/mol. The maximum Gasteiger partial charge on any atom is 0.184 e. The lowest BCUT2D eigenvalue weighted by molar-refractivity contribution is -0.212. The van der Waals surface area contributed by atoms with E-state index in [4.69, 9.17) is 14.2 Å². The van der Waals surface area contributed by atoms with Gasteiger partial charge in [0.05, 0.1) is 19.3 Å². The van der Waals surface area contributed by atoms with E-state index in [1.165, 1.54) is 0 Å². The summed E-state index contributed by atoms with van der Waals surface area (Å²) in [6, 6.07) is 5.16. The fraction of sp³-hybridized carbons (Fsp3) is 0.538. The molecule has 0 amide bonds. The Morgan fingerprint density at radius 1 is 1.47 bits per heavy atom. The van der Waals surface area contributed by atoms with Gasteiger partial charge >= 0.3 is 0 Å². The van der Waals surface area contributed by atoms with Gasteiger partial charge in [0.15, 0.2) is 17.8 Å². The van der Waals surface area contributed by atoms with Crippen molar-refractivity contribution in [3.63, 3.8) is 0 Å². The molecule has 0 spiro atoms. The van der Waals surface area contributed by atoms with Gasteiger partial charge in [0.1, 0.15) is 0 Å². The van der Waals surface area contributed by atoms with E-state index in [9.17, 15) is 5.11 Å². The smallest absolute Gasteiger partial charge is 0.184 e. The first-order valence-corrected chi connectivity index (χ1v) is 5.93. The Hall–Kier alpha value is -1.26. The largest absolute Gasteiger partial charge is 0.504 e. The van der Waals surface area contributed by atoms with Crippen LogP contribution in [-0.4, -0.2) is 24.4 Å². The molecule has 1 fully saturated rings. The molecule has 1 aromatic rings. The van der Waals surface area contributed by atoms with Crippen LogP contribution in [0.1, 0.15) is 32.1 Å². The average Bonchev–Trinajstić information content (AvgIpc) is 2.32. The summed E-state index contributed by atoms with van der Waals surface area (Å²) >= 11 is 0. The summed E-state index contributed by atoms with van der Waals surface area (Å²) in [6.07, 6.45) is 0.740. The van der Waals surface area contributed by atoms with Crippen LogP contribution in [-0.2, 0) is 9.47 Å². The Balaban J connectivity index is 2.17. The van der Waals surface area contributed by atoms with Crippen molar-refractivity contribution >= 4 is 0 Å². The Morgan fingerprint density at radius 3 is 3.00 bits per heavy atom. The standard InChI is InChI=1S/C13H18O4/c1-3-15-12-8-10(4-5-11(12)14)13-16-7-6-9(2)17-13/h4-5,8-9,13-14H,3,6-7H2,1-2H3. The summed E-state index contributed by atoms with van der Waals surface area (Å²) in [5.41, 5.74) is 0.873. The molecule has 2 atom stereocenters. The van der Waals surface area contributed by atoms with E-state index in [1.807, 2.05) is 13.8 Å². The van der Waals surface area contributed by atoms with Crippen molar-refractivity contribution < 1.29 is 19.3 Å². The van der Waals surface area contributed by atoms with Crippen LogP contribution in [0.4, 0.5) is 0 Å². The Kier molecular flexibility index (Phi) is 3.86. The quantitative estimate of drug-likeness (QED) is 0.879. The van der Waals surface area contributed by atoms with Gasteiger partial charge in [0.25, 0.3) is 0 Å². The Bertz CT molecular complexity index is 378. The van der Waals surface area contributed by atoms with Crippen LogP contribution < -0.4 is 4.74 Å². The van der Waals surface area contributed by atoms with E-state index in [-0.39, 0.29) is 18.1 Å². The van der Waals surface area contributed by atoms with Gasteiger partial charge in [0, 0.05) is 5.56 Å². The lowest BCUT2D eigenvalue weighted by Crippen LogP contribution is -2.24. The zero-order valence-electron chi connectivity index (χ0n) is 10.2. The van der Waals surface area contributed by atoms with E-state index in [0.29, 0.717) is 19.0 Å². The highest BCUT2D eigenvalue weighted by atomic mass is 16.7. The lowest BCUT2D eigenvalue weighted by Gasteiger charge is -2.28. The predicted octanol–water partition coefficient (Wildman–Crippen LogP) is 2.61. The third kappa shape index (κ3) is 2.90. The first-order valence-electron chi connectivity index (χ1n) is 5.93. The molecule has 0 saturated carbocycles. The van der Waals surface area contributed by atoms with Gasteiger partial charge in [-0.05, 0) is 32.4 Å². The fourth-order valence-electron chi connectivity index (χ4n) is 1.78. The molecule has 0 aliphatic carbocycles. The third-order valence-corrected chi connectivity index (χ3v) is 2.71. The van der Waals surface area contributed by atoms with Crippen molar-refractivity contribution in [3.8, 4) is 11.5 Å². The average molecular weight is 238 g/mol. The first-order chi connectivity index (χ1) is 8.20. The normalized spacial score (nSPS) is 24.6. The number of phenols is 1. The molecule has 1 aromatic carbocycles. The van der Waals surface area contributed by atoms with Crippen LogP contribution >= 0.6 is 0 Å². The summed E-state index contributed by atoms with van der Waals surface area (Å²) < 4.78 is 16.6. The van der Waals surface area contributed by atoms with Gasteiger partial charge in [-0.15, -0.1) is 0 Å². The van der Waals surface area contributed by atoms with Gasteiger partial charge < -0.3 is 19.3 Å². The molecule has 1 N–H and O–H groups in total. The van der Waals surface area contributed by atoms with Crippen molar-refractivity contribution in [2.75, 3.05) is 13.2 Å². The number of rotatable bonds is 3. The summed E-state index contributed by atoms with van der Waals surface area (Å²) in [6.45, 7) is 5.11. The molecule has 0 radical (unpaired) electrons. The second-order valence-corrected chi connectivity index (χ2v) is 4.10. The van der Waals surface area contributed by atoms with Crippen LogP contribution in [0.2, 0.25) is 0 Å². The van der Waals surface area contributed by atoms with E-state index < -0.39 is 0 Å². The van der Waals surface area contributed by atoms with Crippen LogP contribution in [0.5, 0.6) is 11.5 Å². The number of aromatic hydroxyl groups is 1. The minimum Gasteiger partial charge on any atom is -0.504 e. The number of phenolic OH excluding ortho intramolecular Hbond substituents is 1. The SMILES string of the molecule is CCOc1cc(C2OCCC(C)O2)ccc1O. The van der Waals surface area contributed by atoms with Gasteiger partial charge in [-0.2, -0.15) is 0 Å². The summed E-state index contributed by atoms with van der Waals surface area (Å²) in [7, 11) is 0. The fourth-order valence-corrected chi connectivity index (χ4v) is 1.78. The second kappa shape index (κ2) is 5.38. The van der Waals surface area contributed by atoms with Crippen LogP contribution in [0.25, 0.3) is 0 Å². The molecule has 94 valence electrons. The van der Waals surface area contributed by atoms with Crippen LogP contribution in [0.15, 0.2) is 18.2 Å². The molecule has 4 nitrogen and oxygen atoms in total. The first kappa shape index (κ1) is 12.2. The maximum atomic E-state index is 9.61. The predicted molar refractivity (Wildman–Crippen MR) is 63.1 cm³/mol. The number of hydrogen-bond acceptors (Lipinski definition) is 4. The Labute approximate surface area is 101 Å². The molecular formula is C13H18O4. The van der Waals surface area contributed by atoms with Gasteiger partial charge in [-0.25, -0.2) is 0 Å². The molecule has 1 aliphatic heterocycles. The van der Waals surface area contributed by atoms with E-state index >= 15 is 0 Å². The number of ether oxygens (including phenoxy) is 3. The van der Waals surface area contributed by atoms with Crippen molar-refractivity contribution in [2.45, 2.75) is 32.7 Å². The highest BCUT2D eigenvalue weighted by Gasteiger charge is 2.22. The molecule has 1 aliphatic rings. The minimum absolute atomic E-state index is 0.138. The summed E-state index contributed by atoms with van der Waals surface area (Å²) in [5.74, 6) is 0.606. The molecule has 2 rings (SSSR count). The minimum atomic E-state index is -0.362.